The van der Waals surface area contributed by atoms with Crippen LogP contribution in [0.4, 0.5) is 0 Å². The number of hydrogen-bond donors (Lipinski definition) is 2. The zero-order chi connectivity index (χ0) is 4.99. The first kappa shape index (κ1) is 5.08. The van der Waals surface area contributed by atoms with Gasteiger partial charge in [0.15, 0.2) is 0 Å². The Morgan fingerprint density at radius 3 is 2.17 bits per heavy atom. The van der Waals surface area contributed by atoms with Crippen LogP contribution in [0.3, 0.4) is 0 Å². The minimum Gasteiger partial charge on any atom is -0.403 e. The molecule has 0 radical (unpaired) electrons. The van der Waals surface area contributed by atoms with E-state index >= 15 is 0 Å². The molecule has 0 bridgehead atoms. The summed E-state index contributed by atoms with van der Waals surface area (Å²) in [5, 5.41) is 0. The van der Waals surface area contributed by atoms with Crippen molar-refractivity contribution in [2.45, 2.75) is 0 Å². The maximum Gasteiger partial charge on any atom is 0.0465 e. The second kappa shape index (κ2) is 2.33. The van der Waals surface area contributed by atoms with Crippen LogP contribution >= 0.6 is 0 Å². The smallest absolute Gasteiger partial charge is 0.0465 e. The third kappa shape index (κ3) is 1.40. The maximum atomic E-state index is 5.09. The fourth-order valence-corrected chi connectivity index (χ4v) is 0.0680. The Labute approximate surface area is 37.1 Å². The monoisotopic (exact) mass is 84.1 g/mol. The summed E-state index contributed by atoms with van der Waals surface area (Å²) < 4.78 is 0. The van der Waals surface area contributed by atoms with Gasteiger partial charge in [-0.3, -0.25) is 0 Å². The zero-order valence-corrected chi connectivity index (χ0v) is 3.52. The van der Waals surface area contributed by atoms with Gasteiger partial charge in [0.2, 0.25) is 0 Å². The molecule has 2 nitrogen and oxygen atoms in total. The molecule has 0 fully saturated rings. The molecule has 0 heterocycles. The van der Waals surface area contributed by atoms with Crippen LogP contribution in [0.2, 0.25) is 0 Å². The lowest BCUT2D eigenvalue weighted by molar-refractivity contribution is 1.37. The van der Waals surface area contributed by atoms with Crippen molar-refractivity contribution in [3.8, 4) is 0 Å². The van der Waals surface area contributed by atoms with E-state index in [-0.39, 0.29) is 0 Å². The van der Waals surface area contributed by atoms with E-state index in [0.29, 0.717) is 5.70 Å². The van der Waals surface area contributed by atoms with Gasteiger partial charge in [-0.1, -0.05) is 6.58 Å². The van der Waals surface area contributed by atoms with Crippen LogP contribution in [0.15, 0.2) is 24.6 Å². The van der Waals surface area contributed by atoms with Crippen LogP contribution in [-0.4, -0.2) is 0 Å². The number of rotatable bonds is 1. The largest absolute Gasteiger partial charge is 0.403 e. The summed E-state index contributed by atoms with van der Waals surface area (Å²) in [5.41, 5.74) is 10.5. The van der Waals surface area contributed by atoms with E-state index in [4.69, 9.17) is 11.5 Å². The summed E-state index contributed by atoms with van der Waals surface area (Å²) in [6.45, 7) is 3.36. The molecule has 0 aromatic rings. The van der Waals surface area contributed by atoms with E-state index in [2.05, 4.69) is 6.58 Å². The third-order valence-corrected chi connectivity index (χ3v) is 0.428. The fourth-order valence-electron chi connectivity index (χ4n) is 0.0680. The van der Waals surface area contributed by atoms with E-state index in [0.717, 1.165) is 0 Å². The van der Waals surface area contributed by atoms with E-state index in [1.807, 2.05) is 0 Å². The fraction of sp³-hybridized carbons (Fsp3) is 0. The van der Waals surface area contributed by atoms with Gasteiger partial charge in [0.1, 0.15) is 0 Å². The van der Waals surface area contributed by atoms with Crippen molar-refractivity contribution < 1.29 is 0 Å². The van der Waals surface area contributed by atoms with Crippen molar-refractivity contribution in [2.24, 2.45) is 11.5 Å². The highest BCUT2D eigenvalue weighted by Gasteiger charge is 1.67. The molecule has 34 valence electrons. The van der Waals surface area contributed by atoms with E-state index in [1.165, 1.54) is 12.3 Å². The van der Waals surface area contributed by atoms with Gasteiger partial charge in [0, 0.05) is 11.9 Å². The van der Waals surface area contributed by atoms with Gasteiger partial charge in [0.05, 0.1) is 0 Å². The predicted octanol–water partition coefficient (Wildman–Crippen LogP) is -0.0688. The first-order chi connectivity index (χ1) is 2.81. The molecule has 0 aliphatic heterocycles. The molecule has 0 aromatic carbocycles. The van der Waals surface area contributed by atoms with Crippen LogP contribution in [0.25, 0.3) is 0 Å². The summed E-state index contributed by atoms with van der Waals surface area (Å²) in [4.78, 5) is 0. The lowest BCUT2D eigenvalue weighted by atomic mass is 10.5. The van der Waals surface area contributed by atoms with Gasteiger partial charge in [-0.15, -0.1) is 0 Å². The van der Waals surface area contributed by atoms with Gasteiger partial charge in [-0.25, -0.2) is 0 Å². The molecule has 0 saturated heterocycles. The molecule has 0 aliphatic carbocycles. The van der Waals surface area contributed by atoms with Crippen molar-refractivity contribution in [3.05, 3.63) is 24.6 Å². The highest BCUT2D eigenvalue weighted by molar-refractivity contribution is 5.08. The Balaban J connectivity index is 3.50. The van der Waals surface area contributed by atoms with Crippen molar-refractivity contribution >= 4 is 0 Å². The molecule has 2 heteroatoms. The predicted molar refractivity (Wildman–Crippen MR) is 26.7 cm³/mol. The summed E-state index contributed by atoms with van der Waals surface area (Å²) in [7, 11) is 0. The first-order valence-electron chi connectivity index (χ1n) is 1.61. The second-order valence-electron chi connectivity index (χ2n) is 0.871. The van der Waals surface area contributed by atoms with Crippen LogP contribution < -0.4 is 11.5 Å². The van der Waals surface area contributed by atoms with Gasteiger partial charge in [-0.2, -0.15) is 0 Å². The van der Waals surface area contributed by atoms with Gasteiger partial charge < -0.3 is 11.5 Å². The first-order valence-corrected chi connectivity index (χ1v) is 1.61. The molecular weight excluding hydrogens is 76.1 g/mol. The highest BCUT2D eigenvalue weighted by Crippen LogP contribution is 1.73. The molecule has 0 amide bonds. The molecule has 0 atom stereocenters. The topological polar surface area (TPSA) is 52.0 Å². The summed E-state index contributed by atoms with van der Waals surface area (Å²) in [5.74, 6) is 0. The minimum atomic E-state index is 0.509. The van der Waals surface area contributed by atoms with Crippen molar-refractivity contribution in [1.29, 1.82) is 0 Å². The number of nitrogens with two attached hydrogens (primary N) is 2. The third-order valence-electron chi connectivity index (χ3n) is 0.428. The van der Waals surface area contributed by atoms with Gasteiger partial charge >= 0.3 is 0 Å². The Bertz CT molecular complexity index is 73.6. The number of hydrogen-bond acceptors (Lipinski definition) is 2. The number of allylic oxidation sites excluding steroid dienone is 1. The molecule has 0 aliphatic rings. The molecular formula is C4H8N2. The van der Waals surface area contributed by atoms with Gasteiger partial charge in [-0.05, 0) is 6.08 Å². The van der Waals surface area contributed by atoms with Crippen LogP contribution in [0, 0.1) is 0 Å². The van der Waals surface area contributed by atoms with E-state index < -0.39 is 0 Å². The molecule has 0 rings (SSSR count). The minimum absolute atomic E-state index is 0.509. The molecule has 0 aromatic heterocycles. The summed E-state index contributed by atoms with van der Waals surface area (Å²) in [6.07, 6.45) is 2.78. The Kier molecular flexibility index (Phi) is 1.97. The lowest BCUT2D eigenvalue weighted by Gasteiger charge is -1.80. The summed E-state index contributed by atoms with van der Waals surface area (Å²) in [6, 6.07) is 0. The van der Waals surface area contributed by atoms with Crippen molar-refractivity contribution in [1.82, 2.24) is 0 Å². The Morgan fingerprint density at radius 1 is 1.67 bits per heavy atom. The van der Waals surface area contributed by atoms with Crippen LogP contribution in [0.5, 0.6) is 0 Å². The average molecular weight is 84.1 g/mol. The second-order valence-corrected chi connectivity index (χ2v) is 0.871. The average Bonchev–Trinajstić information content (AvgIpc) is 1.65. The normalized spacial score (nSPS) is 11.0. The molecule has 6 heavy (non-hydrogen) atoms. The standard InChI is InChI=1S/C4H8N2/c1-2-4(6)3-5/h2-3H,1,5-6H2/b4-3+. The van der Waals surface area contributed by atoms with Crippen LogP contribution in [-0.2, 0) is 0 Å². The van der Waals surface area contributed by atoms with Crippen molar-refractivity contribution in [3.63, 3.8) is 0 Å². The molecule has 0 unspecified atom stereocenters. The van der Waals surface area contributed by atoms with Crippen LogP contribution in [0.1, 0.15) is 0 Å². The zero-order valence-electron chi connectivity index (χ0n) is 3.52. The maximum absolute atomic E-state index is 5.09. The van der Waals surface area contributed by atoms with Gasteiger partial charge in [0.25, 0.3) is 0 Å². The van der Waals surface area contributed by atoms with Crippen molar-refractivity contribution in [2.75, 3.05) is 0 Å². The van der Waals surface area contributed by atoms with E-state index in [1.54, 1.807) is 0 Å². The molecule has 4 N–H and O–H groups in total. The SMILES string of the molecule is C=C/C(N)=C\N. The Hall–Kier alpha value is -0.920. The molecule has 0 saturated carbocycles. The quantitative estimate of drug-likeness (QED) is 0.437. The summed E-state index contributed by atoms with van der Waals surface area (Å²) >= 11 is 0. The molecule has 0 spiro atoms. The van der Waals surface area contributed by atoms with E-state index in [9.17, 15) is 0 Å². The highest BCUT2D eigenvalue weighted by atomic mass is 14.6. The Morgan fingerprint density at radius 2 is 2.17 bits per heavy atom. The lowest BCUT2D eigenvalue weighted by Crippen LogP contribution is -1.95.